The number of rotatable bonds is 5. The quantitative estimate of drug-likeness (QED) is 0.536. The van der Waals surface area contributed by atoms with Gasteiger partial charge >= 0.3 is 0 Å². The van der Waals surface area contributed by atoms with Crippen LogP contribution in [0.5, 0.6) is 0 Å². The van der Waals surface area contributed by atoms with Gasteiger partial charge in [0.25, 0.3) is 0 Å². The first-order valence-electron chi connectivity index (χ1n) is 8.14. The van der Waals surface area contributed by atoms with E-state index in [2.05, 4.69) is 42.1 Å². The Labute approximate surface area is 156 Å². The van der Waals surface area contributed by atoms with Gasteiger partial charge in [-0.05, 0) is 44.4 Å². The number of aromatic nitrogens is 2. The monoisotopic (exact) mass is 371 g/mol. The Balaban J connectivity index is 1.68. The summed E-state index contributed by atoms with van der Waals surface area (Å²) in [6.07, 6.45) is 0. The van der Waals surface area contributed by atoms with Gasteiger partial charge in [0.1, 0.15) is 15.7 Å². The minimum atomic E-state index is 0.0160. The number of fused-ring (bicyclic) bond motifs is 1. The van der Waals surface area contributed by atoms with Gasteiger partial charge in [-0.1, -0.05) is 36.0 Å². The second-order valence-electron chi connectivity index (χ2n) is 6.03. The normalized spacial score (nSPS) is 11.0. The van der Waals surface area contributed by atoms with E-state index < -0.39 is 0 Å². The van der Waals surface area contributed by atoms with Crippen molar-refractivity contribution in [2.75, 3.05) is 5.75 Å². The Hall–Kier alpha value is -1.92. The van der Waals surface area contributed by atoms with Crippen LogP contribution >= 0.6 is 23.1 Å². The molecule has 1 amide bonds. The predicted molar refractivity (Wildman–Crippen MR) is 105 cm³/mol. The molecule has 0 fully saturated rings. The van der Waals surface area contributed by atoms with Crippen molar-refractivity contribution < 1.29 is 4.79 Å². The summed E-state index contributed by atoms with van der Waals surface area (Å²) in [5.74, 6) is 1.12. The van der Waals surface area contributed by atoms with Gasteiger partial charge in [0.15, 0.2) is 0 Å². The summed E-state index contributed by atoms with van der Waals surface area (Å²) in [6, 6.07) is 8.09. The smallest absolute Gasteiger partial charge is 0.230 e. The first-order chi connectivity index (χ1) is 12.0. The number of amides is 1. The van der Waals surface area contributed by atoms with Crippen LogP contribution in [-0.2, 0) is 11.3 Å². The Morgan fingerprint density at radius 1 is 1.16 bits per heavy atom. The fourth-order valence-corrected chi connectivity index (χ4v) is 4.71. The van der Waals surface area contributed by atoms with Crippen LogP contribution < -0.4 is 5.32 Å². The van der Waals surface area contributed by atoms with Crippen LogP contribution in [-0.4, -0.2) is 21.6 Å². The summed E-state index contributed by atoms with van der Waals surface area (Å²) < 4.78 is 0. The van der Waals surface area contributed by atoms with Crippen molar-refractivity contribution in [3.63, 3.8) is 0 Å². The van der Waals surface area contributed by atoms with Crippen LogP contribution in [0.3, 0.4) is 0 Å². The van der Waals surface area contributed by atoms with Gasteiger partial charge in [-0.3, -0.25) is 4.79 Å². The standard InChI is InChI=1S/C19H21N3OS2/c1-11-7-5-6-8-15(11)9-20-16(23)10-24-18-17-12(2)13(3)25-19(17)22-14(4)21-18/h5-8H,9-10H2,1-4H3,(H,20,23). The van der Waals surface area contributed by atoms with Crippen LogP contribution in [0, 0.1) is 27.7 Å². The van der Waals surface area contributed by atoms with Crippen LogP contribution in [0.4, 0.5) is 0 Å². The van der Waals surface area contributed by atoms with E-state index in [0.29, 0.717) is 12.3 Å². The van der Waals surface area contributed by atoms with E-state index >= 15 is 0 Å². The second-order valence-corrected chi connectivity index (χ2v) is 8.20. The Bertz CT molecular complexity index is 934. The predicted octanol–water partition coefficient (Wildman–Crippen LogP) is 4.33. The third-order valence-electron chi connectivity index (χ3n) is 4.18. The molecule has 0 radical (unpaired) electrons. The number of carbonyl (C=O) groups excluding carboxylic acids is 1. The molecule has 0 bridgehead atoms. The van der Waals surface area contributed by atoms with Crippen molar-refractivity contribution in [1.82, 2.24) is 15.3 Å². The van der Waals surface area contributed by atoms with Gasteiger partial charge in [0.05, 0.1) is 5.75 Å². The van der Waals surface area contributed by atoms with Gasteiger partial charge in [0.2, 0.25) is 5.91 Å². The van der Waals surface area contributed by atoms with Crippen molar-refractivity contribution in [3.8, 4) is 0 Å². The van der Waals surface area contributed by atoms with E-state index in [9.17, 15) is 4.79 Å². The first kappa shape index (κ1) is 17.9. The summed E-state index contributed by atoms with van der Waals surface area (Å²) in [5, 5.41) is 4.98. The maximum atomic E-state index is 12.2. The maximum absolute atomic E-state index is 12.2. The van der Waals surface area contributed by atoms with Crippen molar-refractivity contribution >= 4 is 39.2 Å². The molecular formula is C19H21N3OS2. The average molecular weight is 372 g/mol. The second kappa shape index (κ2) is 7.54. The molecular weight excluding hydrogens is 350 g/mol. The van der Waals surface area contributed by atoms with Gasteiger partial charge in [-0.15, -0.1) is 11.3 Å². The molecule has 2 heterocycles. The van der Waals surface area contributed by atoms with Gasteiger partial charge in [-0.25, -0.2) is 9.97 Å². The highest BCUT2D eigenvalue weighted by Gasteiger charge is 2.15. The lowest BCUT2D eigenvalue weighted by Gasteiger charge is -2.08. The summed E-state index contributed by atoms with van der Waals surface area (Å²) in [5.41, 5.74) is 3.54. The van der Waals surface area contributed by atoms with Crippen LogP contribution in [0.2, 0.25) is 0 Å². The number of hydrogen-bond acceptors (Lipinski definition) is 5. The van der Waals surface area contributed by atoms with Gasteiger partial charge < -0.3 is 5.32 Å². The third-order valence-corrected chi connectivity index (χ3v) is 6.26. The number of carbonyl (C=O) groups is 1. The maximum Gasteiger partial charge on any atom is 0.230 e. The molecule has 0 spiro atoms. The molecule has 3 aromatic rings. The van der Waals surface area contributed by atoms with Crippen molar-refractivity contribution in [3.05, 3.63) is 51.7 Å². The number of thioether (sulfide) groups is 1. The third kappa shape index (κ3) is 4.02. The highest BCUT2D eigenvalue weighted by molar-refractivity contribution is 8.00. The van der Waals surface area contributed by atoms with Crippen LogP contribution in [0.1, 0.15) is 27.4 Å². The molecule has 25 heavy (non-hydrogen) atoms. The zero-order valence-corrected chi connectivity index (χ0v) is 16.5. The zero-order valence-electron chi connectivity index (χ0n) is 14.8. The van der Waals surface area contributed by atoms with Crippen LogP contribution in [0.25, 0.3) is 10.2 Å². The highest BCUT2D eigenvalue weighted by atomic mass is 32.2. The lowest BCUT2D eigenvalue weighted by atomic mass is 10.1. The number of aryl methyl sites for hydroxylation is 4. The minimum Gasteiger partial charge on any atom is -0.351 e. The molecule has 0 atom stereocenters. The molecule has 0 aliphatic carbocycles. The lowest BCUT2D eigenvalue weighted by molar-refractivity contribution is -0.118. The fourth-order valence-electron chi connectivity index (χ4n) is 2.61. The van der Waals surface area contributed by atoms with Crippen LogP contribution in [0.15, 0.2) is 29.3 Å². The molecule has 4 nitrogen and oxygen atoms in total. The summed E-state index contributed by atoms with van der Waals surface area (Å²) in [4.78, 5) is 23.6. The number of nitrogens with zero attached hydrogens (tertiary/aromatic N) is 2. The highest BCUT2D eigenvalue weighted by Crippen LogP contribution is 2.34. The van der Waals surface area contributed by atoms with E-state index in [1.54, 1.807) is 11.3 Å². The number of hydrogen-bond donors (Lipinski definition) is 1. The zero-order chi connectivity index (χ0) is 18.0. The topological polar surface area (TPSA) is 54.9 Å². The molecule has 2 aromatic heterocycles. The molecule has 130 valence electrons. The molecule has 0 unspecified atom stereocenters. The molecule has 1 aromatic carbocycles. The first-order valence-corrected chi connectivity index (χ1v) is 9.94. The largest absolute Gasteiger partial charge is 0.351 e. The van der Waals surface area contributed by atoms with E-state index in [1.807, 2.05) is 25.1 Å². The van der Waals surface area contributed by atoms with E-state index in [0.717, 1.165) is 26.6 Å². The van der Waals surface area contributed by atoms with Crippen molar-refractivity contribution in [1.29, 1.82) is 0 Å². The molecule has 6 heteroatoms. The fraction of sp³-hybridized carbons (Fsp3) is 0.316. The molecule has 1 N–H and O–H groups in total. The Morgan fingerprint density at radius 2 is 1.92 bits per heavy atom. The molecule has 0 saturated heterocycles. The van der Waals surface area contributed by atoms with E-state index in [-0.39, 0.29) is 5.91 Å². The van der Waals surface area contributed by atoms with Crippen molar-refractivity contribution in [2.45, 2.75) is 39.3 Å². The Kier molecular flexibility index (Phi) is 5.39. The minimum absolute atomic E-state index is 0.0160. The summed E-state index contributed by atoms with van der Waals surface area (Å²) in [6.45, 7) is 8.70. The molecule has 0 aliphatic heterocycles. The molecule has 0 aliphatic rings. The Morgan fingerprint density at radius 3 is 2.68 bits per heavy atom. The van der Waals surface area contributed by atoms with Crippen molar-refractivity contribution in [2.24, 2.45) is 0 Å². The molecule has 3 rings (SSSR count). The van der Waals surface area contributed by atoms with E-state index in [4.69, 9.17) is 0 Å². The molecule has 0 saturated carbocycles. The summed E-state index contributed by atoms with van der Waals surface area (Å²) in [7, 11) is 0. The SMILES string of the molecule is Cc1nc(SCC(=O)NCc2ccccc2C)c2c(C)c(C)sc2n1. The van der Waals surface area contributed by atoms with Gasteiger partial charge in [0, 0.05) is 16.8 Å². The number of thiophene rings is 1. The summed E-state index contributed by atoms with van der Waals surface area (Å²) >= 11 is 3.17. The van der Waals surface area contributed by atoms with E-state index in [1.165, 1.54) is 27.8 Å². The number of benzene rings is 1. The average Bonchev–Trinajstić information content (AvgIpc) is 2.86. The number of nitrogens with one attached hydrogen (secondary N) is 1. The lowest BCUT2D eigenvalue weighted by Crippen LogP contribution is -2.25. The van der Waals surface area contributed by atoms with Gasteiger partial charge in [-0.2, -0.15) is 0 Å².